The van der Waals surface area contributed by atoms with Gasteiger partial charge in [0.2, 0.25) is 21.8 Å². The van der Waals surface area contributed by atoms with E-state index in [0.29, 0.717) is 17.9 Å². The molecule has 1 aromatic rings. The van der Waals surface area contributed by atoms with E-state index in [1.807, 2.05) is 6.07 Å². The fraction of sp³-hybridized carbons (Fsp3) is 0.444. The van der Waals surface area contributed by atoms with Crippen LogP contribution in [0.2, 0.25) is 0 Å². The van der Waals surface area contributed by atoms with Crippen LogP contribution in [0.15, 0.2) is 24.3 Å². The summed E-state index contributed by atoms with van der Waals surface area (Å²) in [6.45, 7) is -0.143. The Kier molecular flexibility index (Phi) is 7.64. The predicted octanol–water partition coefficient (Wildman–Crippen LogP) is 0.536. The van der Waals surface area contributed by atoms with Gasteiger partial charge < -0.3 is 9.47 Å². The van der Waals surface area contributed by atoms with Crippen LogP contribution in [-0.4, -0.2) is 57.7 Å². The van der Waals surface area contributed by atoms with Crippen molar-refractivity contribution in [1.29, 1.82) is 0 Å². The number of sulfonamides is 1. The van der Waals surface area contributed by atoms with E-state index in [2.05, 4.69) is 16.6 Å². The zero-order valence-corrected chi connectivity index (χ0v) is 15.9. The maximum absolute atomic E-state index is 11.9. The summed E-state index contributed by atoms with van der Waals surface area (Å²) in [5, 5.41) is 0. The van der Waals surface area contributed by atoms with Gasteiger partial charge in [0.1, 0.15) is 6.61 Å². The third-order valence-electron chi connectivity index (χ3n) is 3.84. The van der Waals surface area contributed by atoms with Gasteiger partial charge in [-0.2, -0.15) is 0 Å². The van der Waals surface area contributed by atoms with Crippen molar-refractivity contribution in [2.75, 3.05) is 32.6 Å². The van der Waals surface area contributed by atoms with Crippen LogP contribution in [0.4, 0.5) is 0 Å². The SMILES string of the molecule is COc1ccccc1OCC#CCNS(=O)(=O)CCN1C(=O)CCCC1=O. The standard InChI is InChI=1S/C18H22N2O6S/c1-25-15-7-2-3-8-16(15)26-13-5-4-11-19-27(23,24)14-12-20-17(21)9-6-10-18(20)22/h2-3,7-8,19H,6,9-14H2,1H3. The van der Waals surface area contributed by atoms with Gasteiger partial charge in [-0.15, -0.1) is 0 Å². The summed E-state index contributed by atoms with van der Waals surface area (Å²) >= 11 is 0. The number of piperidine rings is 1. The maximum atomic E-state index is 11.9. The second-order valence-electron chi connectivity index (χ2n) is 5.73. The number of nitrogens with one attached hydrogen (secondary N) is 1. The lowest BCUT2D eigenvalue weighted by Crippen LogP contribution is -2.44. The van der Waals surface area contributed by atoms with Crippen molar-refractivity contribution in [2.24, 2.45) is 0 Å². The van der Waals surface area contributed by atoms with Gasteiger partial charge in [-0.25, -0.2) is 13.1 Å². The maximum Gasteiger partial charge on any atom is 0.229 e. The molecule has 0 aliphatic carbocycles. The molecule has 0 aromatic heterocycles. The molecule has 27 heavy (non-hydrogen) atoms. The number of benzene rings is 1. The number of amides is 2. The number of imide groups is 1. The quantitative estimate of drug-likeness (QED) is 0.510. The first-order valence-corrected chi connectivity index (χ1v) is 10.1. The van der Waals surface area contributed by atoms with Crippen LogP contribution >= 0.6 is 0 Å². The lowest BCUT2D eigenvalue weighted by molar-refractivity contribution is -0.147. The van der Waals surface area contributed by atoms with Gasteiger partial charge in [-0.05, 0) is 18.6 Å². The molecule has 0 radical (unpaired) electrons. The van der Waals surface area contributed by atoms with E-state index < -0.39 is 10.0 Å². The topological polar surface area (TPSA) is 102 Å². The number of rotatable bonds is 8. The Morgan fingerprint density at radius 3 is 2.44 bits per heavy atom. The first-order valence-electron chi connectivity index (χ1n) is 8.45. The molecular weight excluding hydrogens is 372 g/mol. The van der Waals surface area contributed by atoms with E-state index in [9.17, 15) is 18.0 Å². The Morgan fingerprint density at radius 2 is 1.78 bits per heavy atom. The van der Waals surface area contributed by atoms with Crippen molar-refractivity contribution in [3.8, 4) is 23.3 Å². The van der Waals surface area contributed by atoms with Gasteiger partial charge in [-0.1, -0.05) is 24.0 Å². The normalized spacial score (nSPS) is 14.5. The Hall–Kier alpha value is -2.57. The molecule has 1 aliphatic heterocycles. The number of carbonyl (C=O) groups is 2. The summed E-state index contributed by atoms with van der Waals surface area (Å²) < 4.78 is 36.8. The highest BCUT2D eigenvalue weighted by Gasteiger charge is 2.26. The Balaban J connectivity index is 1.73. The Labute approximate surface area is 158 Å². The highest BCUT2D eigenvalue weighted by atomic mass is 32.2. The lowest BCUT2D eigenvalue weighted by Gasteiger charge is -2.24. The monoisotopic (exact) mass is 394 g/mol. The van der Waals surface area contributed by atoms with Crippen LogP contribution in [0.1, 0.15) is 19.3 Å². The minimum absolute atomic E-state index is 0.0822. The van der Waals surface area contributed by atoms with Crippen molar-refractivity contribution < 1.29 is 27.5 Å². The number of hydrogen-bond donors (Lipinski definition) is 1. The zero-order chi connectivity index (χ0) is 19.7. The number of nitrogens with zero attached hydrogens (tertiary/aromatic N) is 1. The molecule has 1 aromatic carbocycles. The summed E-state index contributed by atoms with van der Waals surface area (Å²) in [5.74, 6) is 5.50. The smallest absolute Gasteiger partial charge is 0.229 e. The fourth-order valence-corrected chi connectivity index (χ4v) is 3.30. The molecule has 2 amide bonds. The second-order valence-corrected chi connectivity index (χ2v) is 7.65. The minimum atomic E-state index is -3.64. The third-order valence-corrected chi connectivity index (χ3v) is 5.15. The number of carbonyl (C=O) groups excluding carboxylic acids is 2. The number of methoxy groups -OCH3 is 1. The molecule has 1 saturated heterocycles. The molecule has 146 valence electrons. The number of hydrogen-bond acceptors (Lipinski definition) is 6. The predicted molar refractivity (Wildman–Crippen MR) is 98.6 cm³/mol. The largest absolute Gasteiger partial charge is 0.493 e. The van der Waals surface area contributed by atoms with Crippen LogP contribution < -0.4 is 14.2 Å². The number of likely N-dealkylation sites (tertiary alicyclic amines) is 1. The average molecular weight is 394 g/mol. The summed E-state index contributed by atoms with van der Waals surface area (Å²) in [5.41, 5.74) is 0. The number of ether oxygens (including phenoxy) is 2. The lowest BCUT2D eigenvalue weighted by atomic mass is 10.1. The Morgan fingerprint density at radius 1 is 1.11 bits per heavy atom. The summed E-state index contributed by atoms with van der Waals surface area (Å²) in [4.78, 5) is 24.3. The molecule has 2 rings (SSSR count). The van der Waals surface area contributed by atoms with E-state index in [1.54, 1.807) is 18.2 Å². The second kappa shape index (κ2) is 9.94. The van der Waals surface area contributed by atoms with Gasteiger partial charge in [0.05, 0.1) is 19.4 Å². The molecule has 8 nitrogen and oxygen atoms in total. The van der Waals surface area contributed by atoms with E-state index in [4.69, 9.17) is 9.47 Å². The summed E-state index contributed by atoms with van der Waals surface area (Å²) in [7, 11) is -2.10. The van der Waals surface area contributed by atoms with Gasteiger partial charge in [0.15, 0.2) is 11.5 Å². The number of para-hydroxylation sites is 2. The molecule has 0 unspecified atom stereocenters. The molecule has 0 spiro atoms. The van der Waals surface area contributed by atoms with Gasteiger partial charge in [-0.3, -0.25) is 14.5 Å². The van der Waals surface area contributed by atoms with E-state index in [0.717, 1.165) is 4.90 Å². The molecule has 0 atom stereocenters. The highest BCUT2D eigenvalue weighted by Crippen LogP contribution is 2.25. The molecular formula is C18H22N2O6S. The molecule has 0 saturated carbocycles. The molecule has 1 heterocycles. The van der Waals surface area contributed by atoms with Crippen molar-refractivity contribution in [1.82, 2.24) is 9.62 Å². The van der Waals surface area contributed by atoms with Crippen molar-refractivity contribution in [3.63, 3.8) is 0 Å². The highest BCUT2D eigenvalue weighted by molar-refractivity contribution is 7.89. The van der Waals surface area contributed by atoms with Crippen molar-refractivity contribution in [3.05, 3.63) is 24.3 Å². The van der Waals surface area contributed by atoms with Crippen LogP contribution in [-0.2, 0) is 19.6 Å². The first kappa shape index (κ1) is 20.7. The molecule has 9 heteroatoms. The average Bonchev–Trinajstić information content (AvgIpc) is 2.64. The van der Waals surface area contributed by atoms with Crippen LogP contribution in [0.3, 0.4) is 0 Å². The van der Waals surface area contributed by atoms with Gasteiger partial charge >= 0.3 is 0 Å². The molecule has 1 N–H and O–H groups in total. The van der Waals surface area contributed by atoms with Crippen LogP contribution in [0.5, 0.6) is 11.5 Å². The molecule has 1 aliphatic rings. The minimum Gasteiger partial charge on any atom is -0.493 e. The Bertz CT molecular complexity index is 825. The third kappa shape index (κ3) is 6.58. The van der Waals surface area contributed by atoms with Crippen LogP contribution in [0, 0.1) is 11.8 Å². The van der Waals surface area contributed by atoms with Crippen LogP contribution in [0.25, 0.3) is 0 Å². The van der Waals surface area contributed by atoms with Crippen molar-refractivity contribution in [2.45, 2.75) is 19.3 Å². The van der Waals surface area contributed by atoms with E-state index in [1.165, 1.54) is 7.11 Å². The summed E-state index contributed by atoms with van der Waals surface area (Å²) in [6, 6.07) is 7.12. The molecule has 0 bridgehead atoms. The van der Waals surface area contributed by atoms with Crippen molar-refractivity contribution >= 4 is 21.8 Å². The zero-order valence-electron chi connectivity index (χ0n) is 15.1. The van der Waals surface area contributed by atoms with E-state index >= 15 is 0 Å². The molecule has 1 fully saturated rings. The fourth-order valence-electron chi connectivity index (χ4n) is 2.44. The summed E-state index contributed by atoms with van der Waals surface area (Å²) in [6.07, 6.45) is 1.07. The van der Waals surface area contributed by atoms with Gasteiger partial charge in [0.25, 0.3) is 0 Å². The van der Waals surface area contributed by atoms with Gasteiger partial charge in [0, 0.05) is 19.4 Å². The first-order chi connectivity index (χ1) is 12.9. The van der Waals surface area contributed by atoms with E-state index in [-0.39, 0.29) is 50.1 Å².